The number of thiophene rings is 1. The molecule has 2 atom stereocenters. The number of aryl methyl sites for hydroxylation is 1. The van der Waals surface area contributed by atoms with Crippen molar-refractivity contribution >= 4 is 38.8 Å². The van der Waals surface area contributed by atoms with E-state index in [4.69, 9.17) is 14.2 Å². The second-order valence-corrected chi connectivity index (χ2v) is 12.6. The van der Waals surface area contributed by atoms with Gasteiger partial charge in [0.2, 0.25) is 0 Å². The molecular formula is C34H41BrO4S. The maximum atomic E-state index is 11.8. The van der Waals surface area contributed by atoms with Gasteiger partial charge in [0.25, 0.3) is 0 Å². The summed E-state index contributed by atoms with van der Waals surface area (Å²) in [7, 11) is 3.12. The summed E-state index contributed by atoms with van der Waals surface area (Å²) in [6, 6.07) is 21.2. The lowest BCUT2D eigenvalue weighted by molar-refractivity contribution is 0.0322. The molecule has 0 radical (unpaired) electrons. The van der Waals surface area contributed by atoms with Gasteiger partial charge in [0, 0.05) is 4.88 Å². The summed E-state index contributed by atoms with van der Waals surface area (Å²) in [6.07, 6.45) is 10.2. The van der Waals surface area contributed by atoms with E-state index in [1.807, 2.05) is 18.2 Å². The first-order valence-electron chi connectivity index (χ1n) is 14.4. The van der Waals surface area contributed by atoms with E-state index in [0.29, 0.717) is 17.4 Å². The van der Waals surface area contributed by atoms with E-state index in [2.05, 4.69) is 65.3 Å². The molecule has 0 aliphatic heterocycles. The third-order valence-corrected chi connectivity index (χ3v) is 9.66. The highest BCUT2D eigenvalue weighted by molar-refractivity contribution is 9.11. The number of rotatable bonds is 15. The number of esters is 1. The highest BCUT2D eigenvalue weighted by atomic mass is 79.9. The standard InChI is InChI=1S/C34H41BrO4S/c1-4-5-6-10-31(39-23-24-11-18-28(37-2)19-12-24)25-13-15-27(16-14-25)33-26(17-21-30(33)35)8-7-9-29-20-22-32(40-29)34(36)38-3/h11-16,18-20,22,26,31H,4-10,17,21,23H2,1-3H3/t26-,31?/m0/s1. The van der Waals surface area contributed by atoms with Crippen LogP contribution in [-0.2, 0) is 22.5 Å². The molecule has 3 aromatic rings. The van der Waals surface area contributed by atoms with Crippen LogP contribution in [0.5, 0.6) is 5.75 Å². The van der Waals surface area contributed by atoms with Crippen molar-refractivity contribution < 1.29 is 19.0 Å². The van der Waals surface area contributed by atoms with Crippen LogP contribution < -0.4 is 4.74 Å². The molecule has 0 fully saturated rings. The lowest BCUT2D eigenvalue weighted by Crippen LogP contribution is -2.06. The van der Waals surface area contributed by atoms with Crippen molar-refractivity contribution in [1.82, 2.24) is 0 Å². The van der Waals surface area contributed by atoms with Gasteiger partial charge in [-0.25, -0.2) is 4.79 Å². The number of unbranched alkanes of at least 4 members (excludes halogenated alkanes) is 2. The van der Waals surface area contributed by atoms with E-state index in [1.165, 1.54) is 52.4 Å². The summed E-state index contributed by atoms with van der Waals surface area (Å²) in [5.41, 5.74) is 5.17. The van der Waals surface area contributed by atoms with Gasteiger partial charge in [0.15, 0.2) is 0 Å². The van der Waals surface area contributed by atoms with Crippen molar-refractivity contribution in [3.05, 3.63) is 91.6 Å². The Morgan fingerprint density at radius 2 is 1.77 bits per heavy atom. The second-order valence-electron chi connectivity index (χ2n) is 10.5. The average Bonchev–Trinajstić information content (AvgIpc) is 3.61. The Balaban J connectivity index is 1.38. The van der Waals surface area contributed by atoms with Gasteiger partial charge in [-0.05, 0) is 95.5 Å². The van der Waals surface area contributed by atoms with Gasteiger partial charge >= 0.3 is 5.97 Å². The molecule has 6 heteroatoms. The number of halogens is 1. The van der Waals surface area contributed by atoms with Crippen LogP contribution in [0.4, 0.5) is 0 Å². The molecule has 0 saturated carbocycles. The Kier molecular flexibility index (Phi) is 11.9. The minimum absolute atomic E-state index is 0.0835. The number of hydrogen-bond donors (Lipinski definition) is 0. The summed E-state index contributed by atoms with van der Waals surface area (Å²) >= 11 is 5.44. The summed E-state index contributed by atoms with van der Waals surface area (Å²) in [5, 5.41) is 0. The van der Waals surface area contributed by atoms with Gasteiger partial charge in [-0.15, -0.1) is 11.3 Å². The summed E-state index contributed by atoms with van der Waals surface area (Å²) < 4.78 is 17.9. The van der Waals surface area contributed by atoms with Crippen molar-refractivity contribution in [2.75, 3.05) is 14.2 Å². The monoisotopic (exact) mass is 624 g/mol. The first kappa shape index (κ1) is 30.5. The molecule has 0 amide bonds. The number of ether oxygens (including phenoxy) is 3. The molecule has 214 valence electrons. The van der Waals surface area contributed by atoms with Crippen LogP contribution in [-0.4, -0.2) is 20.2 Å². The summed E-state index contributed by atoms with van der Waals surface area (Å²) in [4.78, 5) is 13.7. The van der Waals surface area contributed by atoms with Gasteiger partial charge in [-0.2, -0.15) is 0 Å². The van der Waals surface area contributed by atoms with Crippen molar-refractivity contribution in [1.29, 1.82) is 0 Å². The molecule has 0 saturated heterocycles. The van der Waals surface area contributed by atoms with E-state index in [9.17, 15) is 4.79 Å². The Morgan fingerprint density at radius 3 is 2.48 bits per heavy atom. The fourth-order valence-electron chi connectivity index (χ4n) is 5.45. The maximum Gasteiger partial charge on any atom is 0.348 e. The van der Waals surface area contributed by atoms with Crippen molar-refractivity contribution in [2.45, 2.75) is 77.4 Å². The molecule has 0 spiro atoms. The second kappa shape index (κ2) is 15.6. The predicted molar refractivity (Wildman–Crippen MR) is 168 cm³/mol. The largest absolute Gasteiger partial charge is 0.497 e. The van der Waals surface area contributed by atoms with E-state index < -0.39 is 0 Å². The Labute approximate surface area is 251 Å². The number of benzene rings is 2. The first-order valence-corrected chi connectivity index (χ1v) is 16.0. The van der Waals surface area contributed by atoms with E-state index in [-0.39, 0.29) is 12.1 Å². The van der Waals surface area contributed by atoms with Crippen LogP contribution in [0.15, 0.2) is 65.1 Å². The molecule has 1 unspecified atom stereocenters. The molecule has 40 heavy (non-hydrogen) atoms. The van der Waals surface area contributed by atoms with Gasteiger partial charge in [0.1, 0.15) is 10.6 Å². The van der Waals surface area contributed by atoms with Crippen LogP contribution >= 0.6 is 27.3 Å². The topological polar surface area (TPSA) is 44.8 Å². The van der Waals surface area contributed by atoms with Crippen LogP contribution in [0, 0.1) is 5.92 Å². The average molecular weight is 626 g/mol. The van der Waals surface area contributed by atoms with Crippen LogP contribution in [0.2, 0.25) is 0 Å². The highest BCUT2D eigenvalue weighted by Crippen LogP contribution is 2.44. The molecular weight excluding hydrogens is 584 g/mol. The zero-order chi connectivity index (χ0) is 28.3. The third kappa shape index (κ3) is 8.31. The molecule has 1 aliphatic carbocycles. The van der Waals surface area contributed by atoms with Crippen LogP contribution in [0.1, 0.15) is 95.6 Å². The van der Waals surface area contributed by atoms with Crippen molar-refractivity contribution in [2.24, 2.45) is 5.92 Å². The first-order chi connectivity index (χ1) is 19.5. The Morgan fingerprint density at radius 1 is 1.00 bits per heavy atom. The van der Waals surface area contributed by atoms with Gasteiger partial charge in [0.05, 0.1) is 26.9 Å². The molecule has 1 aromatic heterocycles. The number of allylic oxidation sites excluding steroid dienone is 2. The Bertz CT molecular complexity index is 1250. The molecule has 0 bridgehead atoms. The van der Waals surface area contributed by atoms with E-state index in [1.54, 1.807) is 18.4 Å². The van der Waals surface area contributed by atoms with Crippen LogP contribution in [0.25, 0.3) is 5.57 Å². The predicted octanol–water partition coefficient (Wildman–Crippen LogP) is 9.92. The fraction of sp³-hybridized carbons (Fsp3) is 0.441. The van der Waals surface area contributed by atoms with Gasteiger partial charge in [-0.1, -0.05) is 78.5 Å². The minimum Gasteiger partial charge on any atom is -0.497 e. The number of methoxy groups -OCH3 is 2. The lowest BCUT2D eigenvalue weighted by Gasteiger charge is -2.20. The summed E-state index contributed by atoms with van der Waals surface area (Å²) in [5.74, 6) is 1.17. The smallest absolute Gasteiger partial charge is 0.348 e. The van der Waals surface area contributed by atoms with Crippen LogP contribution in [0.3, 0.4) is 0 Å². The molecule has 0 N–H and O–H groups in total. The Hall–Kier alpha value is -2.41. The molecule has 1 aliphatic rings. The molecule has 4 rings (SSSR count). The SMILES string of the molecule is CCCCCC(OCc1ccc(OC)cc1)c1ccc(C2=C(Br)CC[C@@H]2CCCc2ccc(C(=O)OC)s2)cc1. The molecule has 1 heterocycles. The van der Waals surface area contributed by atoms with Gasteiger partial charge in [-0.3, -0.25) is 0 Å². The quantitative estimate of drug-likeness (QED) is 0.125. The van der Waals surface area contributed by atoms with Gasteiger partial charge < -0.3 is 14.2 Å². The molecule has 4 nitrogen and oxygen atoms in total. The molecule has 2 aromatic carbocycles. The third-order valence-electron chi connectivity index (χ3n) is 7.71. The number of carbonyl (C=O) groups excluding carboxylic acids is 1. The van der Waals surface area contributed by atoms with Crippen molar-refractivity contribution in [3.63, 3.8) is 0 Å². The number of hydrogen-bond acceptors (Lipinski definition) is 5. The zero-order valence-corrected chi connectivity index (χ0v) is 26.3. The van der Waals surface area contributed by atoms with E-state index in [0.717, 1.165) is 49.8 Å². The normalized spacial score (nSPS) is 15.8. The fourth-order valence-corrected chi connectivity index (χ4v) is 7.20. The van der Waals surface area contributed by atoms with E-state index >= 15 is 0 Å². The number of carbonyl (C=O) groups is 1. The van der Waals surface area contributed by atoms with Crippen molar-refractivity contribution in [3.8, 4) is 5.75 Å². The lowest BCUT2D eigenvalue weighted by atomic mass is 9.89. The zero-order valence-electron chi connectivity index (χ0n) is 23.9. The summed E-state index contributed by atoms with van der Waals surface area (Å²) in [6.45, 7) is 2.83. The maximum absolute atomic E-state index is 11.8. The highest BCUT2D eigenvalue weighted by Gasteiger charge is 2.25. The minimum atomic E-state index is -0.247.